The highest BCUT2D eigenvalue weighted by molar-refractivity contribution is 5.84. The summed E-state index contributed by atoms with van der Waals surface area (Å²) in [7, 11) is 0. The first-order chi connectivity index (χ1) is 7.75. The van der Waals surface area contributed by atoms with Crippen LogP contribution in [0.15, 0.2) is 12.4 Å². The molecule has 1 fully saturated rings. The number of hydrogen-bond donors (Lipinski definition) is 2. The molecule has 0 saturated carbocycles. The summed E-state index contributed by atoms with van der Waals surface area (Å²) in [6, 6.07) is 0. The van der Waals surface area contributed by atoms with E-state index < -0.39 is 5.97 Å². The van der Waals surface area contributed by atoms with E-state index in [0.717, 1.165) is 13.1 Å². The van der Waals surface area contributed by atoms with Gasteiger partial charge in [0.1, 0.15) is 0 Å². The summed E-state index contributed by atoms with van der Waals surface area (Å²) in [4.78, 5) is 18.3. The smallest absolute Gasteiger partial charge is 0.356 e. The molecule has 0 spiro atoms. The first-order valence-corrected chi connectivity index (χ1v) is 4.90. The summed E-state index contributed by atoms with van der Waals surface area (Å²) in [6.07, 6.45) is 2.63. The monoisotopic (exact) mass is 224 g/mol. The van der Waals surface area contributed by atoms with Crippen molar-refractivity contribution in [3.63, 3.8) is 0 Å². The molecule has 1 aliphatic heterocycles. The number of carbonyl (C=O) groups is 1. The average Bonchev–Trinajstić information content (AvgIpc) is 2.31. The van der Waals surface area contributed by atoms with E-state index >= 15 is 0 Å². The molecule has 0 atom stereocenters. The van der Waals surface area contributed by atoms with E-state index in [4.69, 9.17) is 9.84 Å². The van der Waals surface area contributed by atoms with E-state index in [1.807, 2.05) is 5.01 Å². The predicted octanol–water partition coefficient (Wildman–Crippen LogP) is -0.166. The number of hydrogen-bond acceptors (Lipinski definition) is 6. The second-order valence-electron chi connectivity index (χ2n) is 3.30. The van der Waals surface area contributed by atoms with Gasteiger partial charge in [-0.05, 0) is 0 Å². The molecule has 1 aromatic rings. The lowest BCUT2D eigenvalue weighted by Crippen LogP contribution is -2.40. The molecule has 7 heteroatoms. The van der Waals surface area contributed by atoms with Crippen LogP contribution in [0.1, 0.15) is 10.5 Å². The van der Waals surface area contributed by atoms with Gasteiger partial charge in [-0.25, -0.2) is 19.8 Å². The van der Waals surface area contributed by atoms with Gasteiger partial charge in [0.25, 0.3) is 0 Å². The lowest BCUT2D eigenvalue weighted by molar-refractivity contribution is 0.0494. The van der Waals surface area contributed by atoms with Crippen LogP contribution in [0.25, 0.3) is 0 Å². The van der Waals surface area contributed by atoms with E-state index in [0.29, 0.717) is 19.0 Å². The fourth-order valence-electron chi connectivity index (χ4n) is 1.33. The minimum Gasteiger partial charge on any atom is -0.476 e. The van der Waals surface area contributed by atoms with Gasteiger partial charge in [-0.3, -0.25) is 0 Å². The molecule has 0 unspecified atom stereocenters. The van der Waals surface area contributed by atoms with Gasteiger partial charge < -0.3 is 15.3 Å². The molecule has 7 nitrogen and oxygen atoms in total. The van der Waals surface area contributed by atoms with E-state index in [1.165, 1.54) is 12.4 Å². The maximum absolute atomic E-state index is 10.6. The Morgan fingerprint density at radius 3 is 2.69 bits per heavy atom. The zero-order valence-corrected chi connectivity index (χ0v) is 8.59. The number of carboxylic acids is 1. The van der Waals surface area contributed by atoms with E-state index in [2.05, 4.69) is 15.4 Å². The predicted molar refractivity (Wildman–Crippen MR) is 55.0 cm³/mol. The van der Waals surface area contributed by atoms with Crippen LogP contribution < -0.4 is 5.43 Å². The van der Waals surface area contributed by atoms with E-state index in [1.54, 1.807) is 0 Å². The van der Waals surface area contributed by atoms with Crippen LogP contribution in [-0.2, 0) is 4.74 Å². The normalized spacial score (nSPS) is 17.0. The Kier molecular flexibility index (Phi) is 3.28. The number of anilines is 1. The summed E-state index contributed by atoms with van der Waals surface area (Å²) in [5.74, 6) is -0.544. The van der Waals surface area contributed by atoms with E-state index in [-0.39, 0.29) is 5.69 Å². The van der Waals surface area contributed by atoms with Gasteiger partial charge in [-0.15, -0.1) is 0 Å². The fraction of sp³-hybridized carbons (Fsp3) is 0.444. The Balaban J connectivity index is 1.96. The lowest BCUT2D eigenvalue weighted by atomic mass is 10.4. The number of aromatic nitrogens is 2. The van der Waals surface area contributed by atoms with Gasteiger partial charge in [0, 0.05) is 13.1 Å². The highest BCUT2D eigenvalue weighted by Crippen LogP contribution is 2.04. The first-order valence-electron chi connectivity index (χ1n) is 4.90. The van der Waals surface area contributed by atoms with Crippen molar-refractivity contribution in [2.45, 2.75) is 0 Å². The van der Waals surface area contributed by atoms with Crippen molar-refractivity contribution in [3.8, 4) is 0 Å². The molecule has 0 aromatic carbocycles. The third-order valence-corrected chi connectivity index (χ3v) is 2.15. The SMILES string of the molecule is O=C(O)c1cnc(NN2CCOCC2)cn1. The average molecular weight is 224 g/mol. The second kappa shape index (κ2) is 4.86. The Morgan fingerprint density at radius 2 is 2.12 bits per heavy atom. The fourth-order valence-corrected chi connectivity index (χ4v) is 1.33. The van der Waals surface area contributed by atoms with Crippen molar-refractivity contribution in [1.82, 2.24) is 15.0 Å². The second-order valence-corrected chi connectivity index (χ2v) is 3.30. The van der Waals surface area contributed by atoms with Crippen molar-refractivity contribution < 1.29 is 14.6 Å². The third kappa shape index (κ3) is 2.65. The Hall–Kier alpha value is -1.73. The summed E-state index contributed by atoms with van der Waals surface area (Å²) in [6.45, 7) is 2.88. The molecule has 16 heavy (non-hydrogen) atoms. The molecule has 1 aromatic heterocycles. The Morgan fingerprint density at radius 1 is 1.38 bits per heavy atom. The van der Waals surface area contributed by atoms with Crippen LogP contribution in [0.4, 0.5) is 5.82 Å². The maximum atomic E-state index is 10.6. The number of morpholine rings is 1. The van der Waals surface area contributed by atoms with Gasteiger partial charge in [0.15, 0.2) is 11.5 Å². The first kappa shape index (κ1) is 10.8. The minimum atomic E-state index is -1.08. The van der Waals surface area contributed by atoms with Gasteiger partial charge in [-0.1, -0.05) is 0 Å². The molecule has 0 bridgehead atoms. The summed E-state index contributed by atoms with van der Waals surface area (Å²) < 4.78 is 5.19. The van der Waals surface area contributed by atoms with Gasteiger partial charge >= 0.3 is 5.97 Å². The summed E-state index contributed by atoms with van der Waals surface area (Å²) >= 11 is 0. The molecule has 2 rings (SSSR count). The number of hydrazine groups is 1. The molecule has 1 aliphatic rings. The molecular weight excluding hydrogens is 212 g/mol. The molecule has 86 valence electrons. The molecule has 0 radical (unpaired) electrons. The largest absolute Gasteiger partial charge is 0.476 e. The van der Waals surface area contributed by atoms with Gasteiger partial charge in [0.05, 0.1) is 25.6 Å². The molecule has 0 amide bonds. The number of nitrogens with zero attached hydrogens (tertiary/aromatic N) is 3. The number of aromatic carboxylic acids is 1. The molecule has 0 aliphatic carbocycles. The van der Waals surface area contributed by atoms with Crippen LogP contribution >= 0.6 is 0 Å². The number of nitrogens with one attached hydrogen (secondary N) is 1. The van der Waals surface area contributed by atoms with Crippen molar-refractivity contribution in [3.05, 3.63) is 18.1 Å². The van der Waals surface area contributed by atoms with Crippen LogP contribution in [-0.4, -0.2) is 52.4 Å². The van der Waals surface area contributed by atoms with E-state index in [9.17, 15) is 4.79 Å². The maximum Gasteiger partial charge on any atom is 0.356 e. The summed E-state index contributed by atoms with van der Waals surface area (Å²) in [5, 5.41) is 10.6. The van der Waals surface area contributed by atoms with Crippen LogP contribution in [0.5, 0.6) is 0 Å². The summed E-state index contributed by atoms with van der Waals surface area (Å²) in [5.41, 5.74) is 2.97. The number of rotatable bonds is 3. The van der Waals surface area contributed by atoms with Crippen molar-refractivity contribution in [1.29, 1.82) is 0 Å². The minimum absolute atomic E-state index is 0.0625. The van der Waals surface area contributed by atoms with Crippen molar-refractivity contribution >= 4 is 11.8 Å². The van der Waals surface area contributed by atoms with Crippen LogP contribution in [0, 0.1) is 0 Å². The highest BCUT2D eigenvalue weighted by Gasteiger charge is 2.11. The topological polar surface area (TPSA) is 87.6 Å². The number of ether oxygens (including phenoxy) is 1. The Bertz CT molecular complexity index is 362. The van der Waals surface area contributed by atoms with Crippen LogP contribution in [0.3, 0.4) is 0 Å². The molecule has 1 saturated heterocycles. The quantitative estimate of drug-likeness (QED) is 0.737. The Labute approximate surface area is 92.0 Å². The van der Waals surface area contributed by atoms with Crippen molar-refractivity contribution in [2.24, 2.45) is 0 Å². The standard InChI is InChI=1S/C9H12N4O3/c14-9(15)7-5-11-8(6-10-7)12-13-1-3-16-4-2-13/h5-6H,1-4H2,(H,11,12)(H,14,15). The third-order valence-electron chi connectivity index (χ3n) is 2.15. The lowest BCUT2D eigenvalue weighted by Gasteiger charge is -2.27. The highest BCUT2D eigenvalue weighted by atomic mass is 16.5. The molecule has 2 N–H and O–H groups in total. The zero-order chi connectivity index (χ0) is 11.4. The molecule has 2 heterocycles. The zero-order valence-electron chi connectivity index (χ0n) is 8.59. The molecular formula is C9H12N4O3. The van der Waals surface area contributed by atoms with Crippen molar-refractivity contribution in [2.75, 3.05) is 31.7 Å². The van der Waals surface area contributed by atoms with Gasteiger partial charge in [-0.2, -0.15) is 0 Å². The number of carboxylic acid groups (broad SMARTS) is 1. The van der Waals surface area contributed by atoms with Crippen LogP contribution in [0.2, 0.25) is 0 Å². The van der Waals surface area contributed by atoms with Gasteiger partial charge in [0.2, 0.25) is 0 Å².